The molecule has 0 aliphatic carbocycles. The Kier molecular flexibility index (Phi) is 4.32. The van der Waals surface area contributed by atoms with Crippen LogP contribution in [0.25, 0.3) is 10.9 Å². The van der Waals surface area contributed by atoms with E-state index in [0.29, 0.717) is 6.04 Å². The Morgan fingerprint density at radius 1 is 1.05 bits per heavy atom. The van der Waals surface area contributed by atoms with Crippen molar-refractivity contribution in [2.45, 2.75) is 26.8 Å². The fourth-order valence-electron chi connectivity index (χ4n) is 3.20. The molecule has 22 heavy (non-hydrogen) atoms. The van der Waals surface area contributed by atoms with Crippen LogP contribution in [0.3, 0.4) is 0 Å². The molecule has 1 atom stereocenters. The molecule has 1 aromatic carbocycles. The summed E-state index contributed by atoms with van der Waals surface area (Å²) in [6.45, 7) is 11.4. The van der Waals surface area contributed by atoms with Crippen molar-refractivity contribution in [3.63, 3.8) is 0 Å². The first-order chi connectivity index (χ1) is 10.6. The summed E-state index contributed by atoms with van der Waals surface area (Å²) in [6.07, 6.45) is 0. The normalized spacial score (nSPS) is 17.9. The molecule has 2 aromatic rings. The molecule has 4 nitrogen and oxygen atoms in total. The summed E-state index contributed by atoms with van der Waals surface area (Å²) in [7, 11) is 0. The molecule has 0 bridgehead atoms. The Morgan fingerprint density at radius 2 is 1.73 bits per heavy atom. The van der Waals surface area contributed by atoms with Gasteiger partial charge >= 0.3 is 0 Å². The van der Waals surface area contributed by atoms with Gasteiger partial charge in [-0.3, -0.25) is 4.90 Å². The first kappa shape index (κ1) is 15.3. The number of benzene rings is 1. The number of hydrogen-bond acceptors (Lipinski definition) is 4. The third-order valence-electron chi connectivity index (χ3n) is 4.86. The van der Waals surface area contributed by atoms with Crippen molar-refractivity contribution in [1.29, 1.82) is 0 Å². The molecule has 2 heterocycles. The van der Waals surface area contributed by atoms with E-state index >= 15 is 0 Å². The van der Waals surface area contributed by atoms with E-state index in [2.05, 4.69) is 54.8 Å². The van der Waals surface area contributed by atoms with Gasteiger partial charge in [0.15, 0.2) is 0 Å². The molecule has 1 aliphatic heterocycles. The second kappa shape index (κ2) is 6.23. The Hall–Kier alpha value is -1.65. The fourth-order valence-corrected chi connectivity index (χ4v) is 3.20. The molecule has 4 heteroatoms. The first-order valence-corrected chi connectivity index (χ1v) is 8.16. The van der Waals surface area contributed by atoms with Crippen LogP contribution in [0.2, 0.25) is 0 Å². The van der Waals surface area contributed by atoms with E-state index in [1.54, 1.807) is 0 Å². The van der Waals surface area contributed by atoms with E-state index in [1.165, 1.54) is 16.5 Å². The summed E-state index contributed by atoms with van der Waals surface area (Å²) in [5, 5.41) is 1.26. The summed E-state index contributed by atoms with van der Waals surface area (Å²) < 4.78 is 0. The number of rotatable bonds is 3. The van der Waals surface area contributed by atoms with Crippen molar-refractivity contribution in [3.05, 3.63) is 35.4 Å². The van der Waals surface area contributed by atoms with Crippen LogP contribution in [-0.4, -0.2) is 48.6 Å². The van der Waals surface area contributed by atoms with Gasteiger partial charge in [-0.1, -0.05) is 12.1 Å². The Bertz CT molecular complexity index is 659. The van der Waals surface area contributed by atoms with Gasteiger partial charge in [-0.05, 0) is 44.0 Å². The second-order valence-corrected chi connectivity index (χ2v) is 6.37. The van der Waals surface area contributed by atoms with Crippen LogP contribution in [-0.2, 0) is 0 Å². The second-order valence-electron chi connectivity index (χ2n) is 6.37. The Morgan fingerprint density at radius 3 is 2.41 bits per heavy atom. The topological polar surface area (TPSA) is 45.4 Å². The molecule has 1 saturated heterocycles. The molecular weight excluding hydrogens is 272 g/mol. The van der Waals surface area contributed by atoms with E-state index in [1.807, 2.05) is 0 Å². The predicted molar refractivity (Wildman–Crippen MR) is 93.5 cm³/mol. The standard InChI is InChI=1S/C18H26N4/c1-13-4-5-14(2)18-16(13)6-7-17(20-18)22-10-8-21(9-11-22)15(3)12-19/h4-7,15H,8-12,19H2,1-3H3. The van der Waals surface area contributed by atoms with Gasteiger partial charge in [0, 0.05) is 44.2 Å². The van der Waals surface area contributed by atoms with Crippen molar-refractivity contribution < 1.29 is 0 Å². The minimum atomic E-state index is 0.469. The molecule has 1 unspecified atom stereocenters. The molecule has 0 radical (unpaired) electrons. The van der Waals surface area contributed by atoms with Crippen molar-refractivity contribution >= 4 is 16.7 Å². The molecule has 0 amide bonds. The third-order valence-corrected chi connectivity index (χ3v) is 4.86. The van der Waals surface area contributed by atoms with Gasteiger partial charge in [-0.2, -0.15) is 0 Å². The highest BCUT2D eigenvalue weighted by atomic mass is 15.3. The lowest BCUT2D eigenvalue weighted by atomic mass is 10.1. The molecule has 1 fully saturated rings. The van der Waals surface area contributed by atoms with Crippen molar-refractivity contribution in [2.75, 3.05) is 37.6 Å². The van der Waals surface area contributed by atoms with Gasteiger partial charge in [0.1, 0.15) is 5.82 Å². The molecule has 1 aliphatic rings. The smallest absolute Gasteiger partial charge is 0.129 e. The average molecular weight is 298 g/mol. The minimum Gasteiger partial charge on any atom is -0.354 e. The van der Waals surface area contributed by atoms with Gasteiger partial charge < -0.3 is 10.6 Å². The Labute approximate surface area is 132 Å². The summed E-state index contributed by atoms with van der Waals surface area (Å²) in [5.74, 6) is 1.10. The number of pyridine rings is 1. The highest BCUT2D eigenvalue weighted by molar-refractivity contribution is 5.86. The number of anilines is 1. The molecule has 3 rings (SSSR count). The fraction of sp³-hybridized carbons (Fsp3) is 0.500. The van der Waals surface area contributed by atoms with Crippen LogP contribution < -0.4 is 10.6 Å². The third kappa shape index (κ3) is 2.81. The summed E-state index contributed by atoms with van der Waals surface area (Å²) in [4.78, 5) is 9.79. The van der Waals surface area contributed by atoms with Crippen LogP contribution in [0.5, 0.6) is 0 Å². The van der Waals surface area contributed by atoms with Gasteiger partial charge in [-0.15, -0.1) is 0 Å². The van der Waals surface area contributed by atoms with Crippen LogP contribution in [0.4, 0.5) is 5.82 Å². The molecule has 2 N–H and O–H groups in total. The molecular formula is C18H26N4. The van der Waals surface area contributed by atoms with Crippen molar-refractivity contribution in [1.82, 2.24) is 9.88 Å². The zero-order valence-corrected chi connectivity index (χ0v) is 13.8. The van der Waals surface area contributed by atoms with Crippen LogP contribution >= 0.6 is 0 Å². The van der Waals surface area contributed by atoms with E-state index < -0.39 is 0 Å². The van der Waals surface area contributed by atoms with Gasteiger partial charge in [-0.25, -0.2) is 4.98 Å². The molecule has 1 aromatic heterocycles. The number of nitrogens with zero attached hydrogens (tertiary/aromatic N) is 3. The highest BCUT2D eigenvalue weighted by Gasteiger charge is 2.21. The number of hydrogen-bond donors (Lipinski definition) is 1. The lowest BCUT2D eigenvalue weighted by molar-refractivity contribution is 0.201. The number of nitrogens with two attached hydrogens (primary N) is 1. The Balaban J connectivity index is 1.82. The van der Waals surface area contributed by atoms with E-state index in [4.69, 9.17) is 10.7 Å². The van der Waals surface area contributed by atoms with E-state index in [0.717, 1.165) is 44.1 Å². The summed E-state index contributed by atoms with van der Waals surface area (Å²) in [5.41, 5.74) is 9.45. The lowest BCUT2D eigenvalue weighted by Crippen LogP contribution is -2.51. The zero-order valence-electron chi connectivity index (χ0n) is 13.8. The van der Waals surface area contributed by atoms with Crippen LogP contribution in [0.15, 0.2) is 24.3 Å². The number of piperazine rings is 1. The zero-order chi connectivity index (χ0) is 15.7. The van der Waals surface area contributed by atoms with Gasteiger partial charge in [0.05, 0.1) is 5.52 Å². The monoisotopic (exact) mass is 298 g/mol. The number of aryl methyl sites for hydroxylation is 2. The number of fused-ring (bicyclic) bond motifs is 1. The first-order valence-electron chi connectivity index (χ1n) is 8.16. The largest absolute Gasteiger partial charge is 0.354 e. The van der Waals surface area contributed by atoms with Crippen LogP contribution in [0.1, 0.15) is 18.1 Å². The molecule has 118 valence electrons. The van der Waals surface area contributed by atoms with Gasteiger partial charge in [0.25, 0.3) is 0 Å². The minimum absolute atomic E-state index is 0.469. The van der Waals surface area contributed by atoms with E-state index in [9.17, 15) is 0 Å². The maximum atomic E-state index is 5.77. The summed E-state index contributed by atoms with van der Waals surface area (Å²) in [6, 6.07) is 9.18. The molecule has 0 spiro atoms. The lowest BCUT2D eigenvalue weighted by Gasteiger charge is -2.38. The summed E-state index contributed by atoms with van der Waals surface area (Å²) >= 11 is 0. The predicted octanol–water partition coefficient (Wildman–Crippen LogP) is 2.32. The molecule has 0 saturated carbocycles. The number of aromatic nitrogens is 1. The van der Waals surface area contributed by atoms with E-state index in [-0.39, 0.29) is 0 Å². The SMILES string of the molecule is Cc1ccc(C)c2nc(N3CCN(C(C)CN)CC3)ccc12. The maximum absolute atomic E-state index is 5.77. The van der Waals surface area contributed by atoms with Crippen LogP contribution in [0, 0.1) is 13.8 Å². The maximum Gasteiger partial charge on any atom is 0.129 e. The average Bonchev–Trinajstić information content (AvgIpc) is 2.57. The highest BCUT2D eigenvalue weighted by Crippen LogP contribution is 2.24. The van der Waals surface area contributed by atoms with Crippen molar-refractivity contribution in [3.8, 4) is 0 Å². The quantitative estimate of drug-likeness (QED) is 0.944. The van der Waals surface area contributed by atoms with Crippen molar-refractivity contribution in [2.24, 2.45) is 5.73 Å². The van der Waals surface area contributed by atoms with Gasteiger partial charge in [0.2, 0.25) is 0 Å².